The Hall–Kier alpha value is -1.14. The predicted molar refractivity (Wildman–Crippen MR) is 114 cm³/mol. The van der Waals surface area contributed by atoms with E-state index < -0.39 is 17.7 Å². The van der Waals surface area contributed by atoms with Gasteiger partial charge in [0, 0.05) is 11.8 Å². The second kappa shape index (κ2) is 11.1. The number of ether oxygens (including phenoxy) is 1. The quantitative estimate of drug-likeness (QED) is 0.653. The van der Waals surface area contributed by atoms with Gasteiger partial charge < -0.3 is 15.8 Å². The van der Waals surface area contributed by atoms with E-state index in [0.29, 0.717) is 11.8 Å². The average Bonchev–Trinajstić information content (AvgIpc) is 3.40. The molecule has 3 N–H and O–H groups in total. The molecule has 0 saturated heterocycles. The molecule has 6 nitrogen and oxygen atoms in total. The van der Waals surface area contributed by atoms with Crippen molar-refractivity contribution in [2.45, 2.75) is 91.8 Å². The molecule has 0 aromatic carbocycles. The zero-order valence-corrected chi connectivity index (χ0v) is 19.2. The molecular weight excluding hydrogens is 380 g/mol. The molecule has 0 aliphatic heterocycles. The van der Waals surface area contributed by atoms with Gasteiger partial charge in [0.1, 0.15) is 5.60 Å². The first-order chi connectivity index (χ1) is 12.3. The highest BCUT2D eigenvalue weighted by Gasteiger charge is 2.37. The zero-order valence-electron chi connectivity index (χ0n) is 18.4. The van der Waals surface area contributed by atoms with Crippen molar-refractivity contribution in [3.63, 3.8) is 0 Å². The van der Waals surface area contributed by atoms with Crippen LogP contribution < -0.4 is 11.1 Å². The van der Waals surface area contributed by atoms with Gasteiger partial charge in [0.2, 0.25) is 0 Å². The van der Waals surface area contributed by atoms with Crippen molar-refractivity contribution in [3.8, 4) is 0 Å². The molecule has 0 radical (unpaired) electrons. The molecule has 0 unspecified atom stereocenters. The molecule has 2 aliphatic rings. The fraction of sp³-hybridized carbons (Fsp3) is 0.857. The normalized spacial score (nSPS) is 18.4. The molecule has 2 atom stereocenters. The van der Waals surface area contributed by atoms with E-state index in [1.54, 1.807) is 20.8 Å². The van der Waals surface area contributed by atoms with Crippen LogP contribution in [0.3, 0.4) is 0 Å². The van der Waals surface area contributed by atoms with Crippen molar-refractivity contribution in [1.29, 1.82) is 0 Å². The van der Waals surface area contributed by atoms with Crippen LogP contribution in [0.25, 0.3) is 0 Å². The highest BCUT2D eigenvalue weighted by Crippen LogP contribution is 2.32. The minimum absolute atomic E-state index is 0. The lowest BCUT2D eigenvalue weighted by Gasteiger charge is -2.25. The topological polar surface area (TPSA) is 98.5 Å². The monoisotopic (exact) mass is 418 g/mol. The number of hydrogen-bond acceptors (Lipinski definition) is 5. The fourth-order valence-corrected chi connectivity index (χ4v) is 2.59. The van der Waals surface area contributed by atoms with Gasteiger partial charge in [-0.2, -0.15) is 0 Å². The summed E-state index contributed by atoms with van der Waals surface area (Å²) < 4.78 is 5.17. The minimum atomic E-state index is -0.533. The summed E-state index contributed by atoms with van der Waals surface area (Å²) in [5.41, 5.74) is 5.12. The Balaban J connectivity index is 0.000000567. The number of Topliss-reactive ketones (excluding diaryl/α,β-unsaturated/α-hetero) is 2. The first-order valence-corrected chi connectivity index (χ1v) is 10.2. The number of nitrogens with one attached hydrogen (secondary N) is 1. The molecular formula is C21H39ClN2O4. The van der Waals surface area contributed by atoms with Crippen LogP contribution in [0.1, 0.15) is 74.1 Å². The lowest BCUT2D eigenvalue weighted by Crippen LogP contribution is -2.47. The number of alkyl carbamates (subject to hydrolysis) is 1. The summed E-state index contributed by atoms with van der Waals surface area (Å²) in [5, 5.41) is 2.68. The van der Waals surface area contributed by atoms with Gasteiger partial charge in [-0.1, -0.05) is 27.7 Å². The summed E-state index contributed by atoms with van der Waals surface area (Å²) >= 11 is 0. The van der Waals surface area contributed by atoms with E-state index in [0.717, 1.165) is 25.7 Å². The maximum Gasteiger partial charge on any atom is 0.408 e. The van der Waals surface area contributed by atoms with Crippen LogP contribution in [0, 0.1) is 23.7 Å². The minimum Gasteiger partial charge on any atom is -0.444 e. The number of rotatable bonds is 7. The summed E-state index contributed by atoms with van der Waals surface area (Å²) in [5.74, 6) is 1.28. The first-order valence-electron chi connectivity index (χ1n) is 10.2. The van der Waals surface area contributed by atoms with E-state index in [9.17, 15) is 14.4 Å². The molecule has 28 heavy (non-hydrogen) atoms. The molecule has 7 heteroatoms. The Labute approximate surface area is 176 Å². The van der Waals surface area contributed by atoms with Crippen LogP contribution >= 0.6 is 12.4 Å². The van der Waals surface area contributed by atoms with Crippen LogP contribution in [0.2, 0.25) is 0 Å². The Bertz CT molecular complexity index is 535. The zero-order chi connectivity index (χ0) is 20.9. The standard InChI is InChI=1S/C13H23NO3.C8H15NO.ClH/c1-8(2)10(11(15)9-6-7-9)14-12(16)17-13(3,4)5;1-5(2)7(9)8(10)6-3-4-6;/h8-10H,6-7H2,1-5H3,(H,14,16);5-7H,3-4,9H2,1-2H3;1H/t10-;7-;/m00./s1. The molecule has 0 heterocycles. The van der Waals surface area contributed by atoms with Crippen molar-refractivity contribution in [3.05, 3.63) is 0 Å². The van der Waals surface area contributed by atoms with Crippen LogP contribution in [-0.2, 0) is 14.3 Å². The Morgan fingerprint density at radius 1 is 0.893 bits per heavy atom. The Kier molecular flexibility index (Phi) is 10.7. The molecule has 2 fully saturated rings. The molecule has 2 aliphatic carbocycles. The van der Waals surface area contributed by atoms with Gasteiger partial charge >= 0.3 is 6.09 Å². The van der Waals surface area contributed by atoms with Crippen LogP contribution in [0.15, 0.2) is 0 Å². The van der Waals surface area contributed by atoms with Crippen molar-refractivity contribution in [2.75, 3.05) is 0 Å². The maximum absolute atomic E-state index is 12.0. The van der Waals surface area contributed by atoms with E-state index in [-0.39, 0.29) is 41.9 Å². The summed E-state index contributed by atoms with van der Waals surface area (Å²) in [4.78, 5) is 34.8. The number of halogens is 1. The lowest BCUT2D eigenvalue weighted by molar-refractivity contribution is -0.123. The predicted octanol–water partition coefficient (Wildman–Crippen LogP) is 3.89. The molecule has 1 amide bonds. The first kappa shape index (κ1) is 26.9. The van der Waals surface area contributed by atoms with E-state index >= 15 is 0 Å². The SMILES string of the molecule is CC(C)[C@H](N)C(=O)C1CC1.CC(C)[C@H](NC(=O)OC(C)(C)C)C(=O)C1CC1.Cl. The average molecular weight is 419 g/mol. The molecule has 0 bridgehead atoms. The van der Waals surface area contributed by atoms with Gasteiger partial charge in [0.05, 0.1) is 12.1 Å². The van der Waals surface area contributed by atoms with Crippen LogP contribution in [0.4, 0.5) is 4.79 Å². The number of ketones is 2. The number of nitrogens with two attached hydrogens (primary N) is 1. The summed E-state index contributed by atoms with van der Waals surface area (Å²) in [6.07, 6.45) is 3.54. The second-order valence-electron chi connectivity index (χ2n) is 9.49. The molecule has 2 rings (SSSR count). The van der Waals surface area contributed by atoms with Gasteiger partial charge in [0.15, 0.2) is 11.6 Å². The van der Waals surface area contributed by atoms with E-state index in [1.165, 1.54) is 0 Å². The van der Waals surface area contributed by atoms with Gasteiger partial charge in [-0.05, 0) is 58.3 Å². The number of carbonyl (C=O) groups is 3. The second-order valence-corrected chi connectivity index (χ2v) is 9.49. The van der Waals surface area contributed by atoms with E-state index in [4.69, 9.17) is 10.5 Å². The highest BCUT2D eigenvalue weighted by molar-refractivity contribution is 5.91. The third kappa shape index (κ3) is 9.87. The van der Waals surface area contributed by atoms with Crippen molar-refractivity contribution in [2.24, 2.45) is 29.4 Å². The molecule has 0 spiro atoms. The molecule has 164 valence electrons. The smallest absolute Gasteiger partial charge is 0.408 e. The number of hydrogen-bond donors (Lipinski definition) is 2. The summed E-state index contributed by atoms with van der Waals surface area (Å²) in [7, 11) is 0. The van der Waals surface area contributed by atoms with Crippen molar-refractivity contribution >= 4 is 30.1 Å². The van der Waals surface area contributed by atoms with Gasteiger partial charge in [-0.15, -0.1) is 12.4 Å². The van der Waals surface area contributed by atoms with Crippen LogP contribution in [-0.4, -0.2) is 35.3 Å². The summed E-state index contributed by atoms with van der Waals surface area (Å²) in [6, 6.07) is -0.634. The third-order valence-corrected chi connectivity index (χ3v) is 4.65. The molecule has 0 aromatic rings. The summed E-state index contributed by atoms with van der Waals surface area (Å²) in [6.45, 7) is 13.3. The van der Waals surface area contributed by atoms with Gasteiger partial charge in [-0.3, -0.25) is 9.59 Å². The molecule has 0 aromatic heterocycles. The van der Waals surface area contributed by atoms with Crippen LogP contribution in [0.5, 0.6) is 0 Å². The molecule has 2 saturated carbocycles. The highest BCUT2D eigenvalue weighted by atomic mass is 35.5. The van der Waals surface area contributed by atoms with E-state index in [1.807, 2.05) is 27.7 Å². The fourth-order valence-electron chi connectivity index (χ4n) is 2.59. The maximum atomic E-state index is 12.0. The Morgan fingerprint density at radius 3 is 1.64 bits per heavy atom. The van der Waals surface area contributed by atoms with Gasteiger partial charge in [-0.25, -0.2) is 4.79 Å². The lowest BCUT2D eigenvalue weighted by atomic mass is 9.97. The van der Waals surface area contributed by atoms with Crippen molar-refractivity contribution < 1.29 is 19.1 Å². The largest absolute Gasteiger partial charge is 0.444 e. The van der Waals surface area contributed by atoms with Gasteiger partial charge in [0.25, 0.3) is 0 Å². The number of carbonyl (C=O) groups excluding carboxylic acids is 3. The third-order valence-electron chi connectivity index (χ3n) is 4.65. The van der Waals surface area contributed by atoms with Crippen molar-refractivity contribution in [1.82, 2.24) is 5.32 Å². The van der Waals surface area contributed by atoms with E-state index in [2.05, 4.69) is 5.32 Å². The Morgan fingerprint density at radius 2 is 1.32 bits per heavy atom. The number of amides is 1.